The monoisotopic (exact) mass is 234 g/mol. The Hall–Kier alpha value is -1.55. The number of anilines is 1. The summed E-state index contributed by atoms with van der Waals surface area (Å²) in [4.78, 5) is 10.9. The van der Waals surface area contributed by atoms with E-state index in [4.69, 9.17) is 4.74 Å². The molecule has 1 aliphatic heterocycles. The first-order valence-corrected chi connectivity index (χ1v) is 5.98. The maximum Gasteiger partial charge on any atom is 0.221 e. The highest BCUT2D eigenvalue weighted by molar-refractivity contribution is 5.88. The molecule has 1 unspecified atom stereocenters. The minimum atomic E-state index is -0.0698. The van der Waals surface area contributed by atoms with E-state index in [1.165, 1.54) is 19.8 Å². The average molecular weight is 234 g/mol. The first-order valence-electron chi connectivity index (χ1n) is 5.98. The molecule has 1 atom stereocenters. The number of carbonyl (C=O) groups is 1. The molecule has 4 nitrogen and oxygen atoms in total. The van der Waals surface area contributed by atoms with Crippen LogP contribution in [-0.4, -0.2) is 25.1 Å². The van der Waals surface area contributed by atoms with Crippen molar-refractivity contribution in [1.82, 2.24) is 5.32 Å². The number of ether oxygens (including phenoxy) is 1. The largest absolute Gasteiger partial charge is 0.492 e. The van der Waals surface area contributed by atoms with Crippen LogP contribution in [0.1, 0.15) is 19.8 Å². The van der Waals surface area contributed by atoms with Crippen LogP contribution in [0.25, 0.3) is 0 Å². The Morgan fingerprint density at radius 2 is 2.47 bits per heavy atom. The average Bonchev–Trinajstić information content (AvgIpc) is 2.79. The molecule has 0 aliphatic carbocycles. The predicted molar refractivity (Wildman–Crippen MR) is 67.3 cm³/mol. The summed E-state index contributed by atoms with van der Waals surface area (Å²) >= 11 is 0. The molecule has 92 valence electrons. The second kappa shape index (κ2) is 5.68. The lowest BCUT2D eigenvalue weighted by molar-refractivity contribution is -0.114. The van der Waals surface area contributed by atoms with Crippen molar-refractivity contribution in [2.24, 2.45) is 0 Å². The molecule has 2 N–H and O–H groups in total. The Morgan fingerprint density at radius 1 is 1.59 bits per heavy atom. The smallest absolute Gasteiger partial charge is 0.221 e. The Kier molecular flexibility index (Phi) is 3.98. The molecule has 1 amide bonds. The zero-order valence-corrected chi connectivity index (χ0v) is 10.0. The van der Waals surface area contributed by atoms with Crippen molar-refractivity contribution in [2.45, 2.75) is 25.8 Å². The maximum absolute atomic E-state index is 10.9. The van der Waals surface area contributed by atoms with E-state index in [-0.39, 0.29) is 5.91 Å². The van der Waals surface area contributed by atoms with Crippen LogP contribution in [0.5, 0.6) is 5.75 Å². The van der Waals surface area contributed by atoms with Crippen LogP contribution < -0.4 is 15.4 Å². The summed E-state index contributed by atoms with van der Waals surface area (Å²) in [5.41, 5.74) is 0.773. The van der Waals surface area contributed by atoms with Crippen molar-refractivity contribution in [3.05, 3.63) is 24.3 Å². The van der Waals surface area contributed by atoms with Crippen LogP contribution in [0.15, 0.2) is 24.3 Å². The predicted octanol–water partition coefficient (Wildman–Crippen LogP) is 1.78. The molecular formula is C13H18N2O2. The molecule has 1 fully saturated rings. The van der Waals surface area contributed by atoms with Crippen molar-refractivity contribution >= 4 is 11.6 Å². The van der Waals surface area contributed by atoms with Gasteiger partial charge in [0, 0.05) is 24.7 Å². The molecule has 2 rings (SSSR count). The molecule has 1 aromatic carbocycles. The molecule has 0 saturated carbocycles. The van der Waals surface area contributed by atoms with Crippen molar-refractivity contribution < 1.29 is 9.53 Å². The molecule has 0 bridgehead atoms. The molecular weight excluding hydrogens is 216 g/mol. The van der Waals surface area contributed by atoms with Crippen LogP contribution in [0.3, 0.4) is 0 Å². The summed E-state index contributed by atoms with van der Waals surface area (Å²) in [6.45, 7) is 3.26. The van der Waals surface area contributed by atoms with Gasteiger partial charge in [-0.3, -0.25) is 4.79 Å². The molecule has 1 aromatic rings. The molecule has 0 spiro atoms. The minimum Gasteiger partial charge on any atom is -0.492 e. The quantitative estimate of drug-likeness (QED) is 0.835. The number of carbonyl (C=O) groups excluding carboxylic acids is 1. The molecule has 1 saturated heterocycles. The fourth-order valence-electron chi connectivity index (χ4n) is 1.96. The van der Waals surface area contributed by atoms with Gasteiger partial charge < -0.3 is 15.4 Å². The highest BCUT2D eigenvalue weighted by atomic mass is 16.5. The van der Waals surface area contributed by atoms with E-state index < -0.39 is 0 Å². The van der Waals surface area contributed by atoms with Gasteiger partial charge in [-0.15, -0.1) is 0 Å². The fraction of sp³-hybridized carbons (Fsp3) is 0.462. The number of nitrogens with one attached hydrogen (secondary N) is 2. The summed E-state index contributed by atoms with van der Waals surface area (Å²) in [7, 11) is 0. The van der Waals surface area contributed by atoms with Gasteiger partial charge >= 0.3 is 0 Å². The van der Waals surface area contributed by atoms with E-state index in [0.717, 1.165) is 18.0 Å². The van der Waals surface area contributed by atoms with Gasteiger partial charge in [-0.1, -0.05) is 6.07 Å². The van der Waals surface area contributed by atoms with Gasteiger partial charge in [0.1, 0.15) is 12.4 Å². The third-order valence-electron chi connectivity index (χ3n) is 2.77. The van der Waals surface area contributed by atoms with E-state index in [2.05, 4.69) is 10.6 Å². The summed E-state index contributed by atoms with van der Waals surface area (Å²) < 4.78 is 5.70. The lowest BCUT2D eigenvalue weighted by atomic mass is 10.2. The normalized spacial score (nSPS) is 19.0. The second-order valence-corrected chi connectivity index (χ2v) is 4.31. The van der Waals surface area contributed by atoms with Gasteiger partial charge in [-0.2, -0.15) is 0 Å². The SMILES string of the molecule is CC(=O)Nc1cccc(OCC2CCCN2)c1. The third-order valence-corrected chi connectivity index (χ3v) is 2.77. The highest BCUT2D eigenvalue weighted by Crippen LogP contribution is 2.18. The van der Waals surface area contributed by atoms with E-state index in [0.29, 0.717) is 12.6 Å². The molecule has 1 heterocycles. The van der Waals surface area contributed by atoms with E-state index >= 15 is 0 Å². The number of rotatable bonds is 4. The summed E-state index contributed by atoms with van der Waals surface area (Å²) in [6.07, 6.45) is 2.39. The molecule has 17 heavy (non-hydrogen) atoms. The van der Waals surface area contributed by atoms with Gasteiger partial charge in [0.2, 0.25) is 5.91 Å². The molecule has 0 aromatic heterocycles. The Labute approximate surface area is 101 Å². The van der Waals surface area contributed by atoms with Crippen LogP contribution in [0.4, 0.5) is 5.69 Å². The minimum absolute atomic E-state index is 0.0698. The van der Waals surface area contributed by atoms with Gasteiger partial charge in [0.05, 0.1) is 0 Å². The lowest BCUT2D eigenvalue weighted by Crippen LogP contribution is -2.28. The lowest BCUT2D eigenvalue weighted by Gasteiger charge is -2.12. The fourth-order valence-corrected chi connectivity index (χ4v) is 1.96. The second-order valence-electron chi connectivity index (χ2n) is 4.31. The standard InChI is InChI=1S/C13H18N2O2/c1-10(16)15-11-4-2-6-13(8-11)17-9-12-5-3-7-14-12/h2,4,6,8,12,14H,3,5,7,9H2,1H3,(H,15,16). The zero-order valence-electron chi connectivity index (χ0n) is 10.0. The van der Waals surface area contributed by atoms with Crippen molar-refractivity contribution in [1.29, 1.82) is 0 Å². The van der Waals surface area contributed by atoms with Crippen LogP contribution in [0, 0.1) is 0 Å². The van der Waals surface area contributed by atoms with Gasteiger partial charge in [0.25, 0.3) is 0 Å². The van der Waals surface area contributed by atoms with Gasteiger partial charge in [-0.25, -0.2) is 0 Å². The highest BCUT2D eigenvalue weighted by Gasteiger charge is 2.14. The molecule has 4 heteroatoms. The summed E-state index contributed by atoms with van der Waals surface area (Å²) in [5.74, 6) is 0.726. The molecule has 0 radical (unpaired) electrons. The third kappa shape index (κ3) is 3.75. The van der Waals surface area contributed by atoms with Gasteiger partial charge in [-0.05, 0) is 31.5 Å². The van der Waals surface area contributed by atoms with Crippen LogP contribution >= 0.6 is 0 Å². The zero-order chi connectivity index (χ0) is 12.1. The van der Waals surface area contributed by atoms with E-state index in [1.807, 2.05) is 24.3 Å². The number of amides is 1. The van der Waals surface area contributed by atoms with Crippen molar-refractivity contribution in [3.8, 4) is 5.75 Å². The number of hydrogen-bond acceptors (Lipinski definition) is 3. The maximum atomic E-state index is 10.9. The topological polar surface area (TPSA) is 50.4 Å². The molecule has 1 aliphatic rings. The van der Waals surface area contributed by atoms with E-state index in [9.17, 15) is 4.79 Å². The Balaban J connectivity index is 1.88. The Morgan fingerprint density at radius 3 is 3.18 bits per heavy atom. The van der Waals surface area contributed by atoms with Crippen LogP contribution in [0.2, 0.25) is 0 Å². The summed E-state index contributed by atoms with van der Waals surface area (Å²) in [5, 5.41) is 6.12. The van der Waals surface area contributed by atoms with Crippen molar-refractivity contribution in [2.75, 3.05) is 18.5 Å². The number of benzene rings is 1. The first-order chi connectivity index (χ1) is 8.24. The van der Waals surface area contributed by atoms with Gasteiger partial charge in [0.15, 0.2) is 0 Å². The van der Waals surface area contributed by atoms with Crippen molar-refractivity contribution in [3.63, 3.8) is 0 Å². The van der Waals surface area contributed by atoms with E-state index in [1.54, 1.807) is 0 Å². The van der Waals surface area contributed by atoms with Crippen LogP contribution in [-0.2, 0) is 4.79 Å². The summed E-state index contributed by atoms with van der Waals surface area (Å²) in [6, 6.07) is 7.93. The first kappa shape index (κ1) is 11.9. The Bertz CT molecular complexity index is 387. The number of hydrogen-bond donors (Lipinski definition) is 2.